The molecule has 0 radical (unpaired) electrons. The number of nitrogens with zero attached hydrogens (tertiary/aromatic N) is 2. The number of anilines is 6. The molecule has 3 heteroatoms. The monoisotopic (exact) mass is 760 g/mol. The van der Waals surface area contributed by atoms with E-state index in [1.54, 1.807) is 0 Å². The van der Waals surface area contributed by atoms with Crippen molar-refractivity contribution in [3.8, 4) is 0 Å². The van der Waals surface area contributed by atoms with E-state index in [0.717, 1.165) is 11.4 Å². The maximum Gasteiger partial charge on any atom is 0.0743 e. The predicted octanol–water partition coefficient (Wildman–Crippen LogP) is 15.0. The lowest BCUT2D eigenvalue weighted by Gasteiger charge is -2.50. The summed E-state index contributed by atoms with van der Waals surface area (Å²) < 4.78 is 0. The Bertz CT molecular complexity index is 2770. The molecule has 0 amide bonds. The van der Waals surface area contributed by atoms with Crippen LogP contribution in [0.4, 0.5) is 34.1 Å². The SMILES string of the molecule is c1ccc(N2c3ccccc3C(c3ccccc3)(c3cccc(N4c5ccccc5S(c5ccccc5)(c5ccccc5)c5ccccc54)c3)c3ccccc32)cc1. The molecule has 2 aliphatic rings. The van der Waals surface area contributed by atoms with Crippen LogP contribution < -0.4 is 9.80 Å². The van der Waals surface area contributed by atoms with E-state index in [1.807, 2.05) is 0 Å². The summed E-state index contributed by atoms with van der Waals surface area (Å²) in [7, 11) is -1.86. The third-order valence-corrected chi connectivity index (χ3v) is 15.9. The van der Waals surface area contributed by atoms with E-state index < -0.39 is 15.4 Å². The van der Waals surface area contributed by atoms with Gasteiger partial charge < -0.3 is 9.80 Å². The normalized spacial score (nSPS) is 15.0. The lowest BCUT2D eigenvalue weighted by molar-refractivity contribution is 0.731. The Hall–Kier alpha value is -7.07. The van der Waals surface area contributed by atoms with Crippen LogP contribution >= 0.6 is 10.0 Å². The minimum Gasteiger partial charge on any atom is -0.310 e. The van der Waals surface area contributed by atoms with Gasteiger partial charge in [-0.15, -0.1) is 10.0 Å². The van der Waals surface area contributed by atoms with Gasteiger partial charge in [-0.05, 0) is 107 Å². The third kappa shape index (κ3) is 4.93. The van der Waals surface area contributed by atoms with Crippen molar-refractivity contribution in [2.45, 2.75) is 25.0 Å². The number of fused-ring (bicyclic) bond motifs is 4. The summed E-state index contributed by atoms with van der Waals surface area (Å²) >= 11 is 0. The molecule has 0 saturated heterocycles. The van der Waals surface area contributed by atoms with E-state index in [-0.39, 0.29) is 0 Å². The number of hydrogen-bond donors (Lipinski definition) is 0. The zero-order valence-corrected chi connectivity index (χ0v) is 32.7. The number of benzene rings is 9. The van der Waals surface area contributed by atoms with Gasteiger partial charge in [-0.25, -0.2) is 0 Å². The van der Waals surface area contributed by atoms with E-state index in [0.29, 0.717) is 0 Å². The van der Waals surface area contributed by atoms with Crippen molar-refractivity contribution in [3.05, 3.63) is 265 Å². The molecule has 0 atom stereocenters. The summed E-state index contributed by atoms with van der Waals surface area (Å²) in [5.74, 6) is 0. The van der Waals surface area contributed by atoms with Crippen molar-refractivity contribution < 1.29 is 0 Å². The van der Waals surface area contributed by atoms with Crippen LogP contribution in [-0.4, -0.2) is 0 Å². The van der Waals surface area contributed by atoms with Crippen molar-refractivity contribution in [2.75, 3.05) is 9.80 Å². The largest absolute Gasteiger partial charge is 0.310 e. The molecule has 276 valence electrons. The van der Waals surface area contributed by atoms with Gasteiger partial charge in [0.25, 0.3) is 0 Å². The maximum atomic E-state index is 2.51. The Kier molecular flexibility index (Phi) is 8.16. The van der Waals surface area contributed by atoms with Crippen molar-refractivity contribution >= 4 is 44.2 Å². The molecule has 0 unspecified atom stereocenters. The first kappa shape index (κ1) is 34.2. The van der Waals surface area contributed by atoms with E-state index in [9.17, 15) is 0 Å². The molecule has 0 aromatic heterocycles. The van der Waals surface area contributed by atoms with Crippen LogP contribution in [0.3, 0.4) is 0 Å². The summed E-state index contributed by atoms with van der Waals surface area (Å²) in [5.41, 5.74) is 11.4. The molecule has 0 bridgehead atoms. The fraction of sp³-hybridized carbons (Fsp3) is 0.0182. The molecule has 9 aromatic carbocycles. The van der Waals surface area contributed by atoms with Crippen LogP contribution in [0, 0.1) is 0 Å². The van der Waals surface area contributed by atoms with Crippen LogP contribution in [0.15, 0.2) is 262 Å². The van der Waals surface area contributed by atoms with Gasteiger partial charge >= 0.3 is 0 Å². The summed E-state index contributed by atoms with van der Waals surface area (Å²) in [6, 6.07) is 89.7. The van der Waals surface area contributed by atoms with Gasteiger partial charge in [-0.2, -0.15) is 0 Å². The second-order valence-electron chi connectivity index (χ2n) is 14.9. The topological polar surface area (TPSA) is 6.48 Å². The van der Waals surface area contributed by atoms with E-state index in [2.05, 4.69) is 252 Å². The lowest BCUT2D eigenvalue weighted by Crippen LogP contribution is -2.37. The summed E-state index contributed by atoms with van der Waals surface area (Å²) in [6.07, 6.45) is 0. The molecule has 0 spiro atoms. The van der Waals surface area contributed by atoms with Gasteiger partial charge in [0.15, 0.2) is 0 Å². The Labute approximate surface area is 342 Å². The molecule has 2 aliphatic heterocycles. The Morgan fingerprint density at radius 2 is 0.672 bits per heavy atom. The van der Waals surface area contributed by atoms with Crippen LogP contribution in [-0.2, 0) is 5.41 Å². The summed E-state index contributed by atoms with van der Waals surface area (Å²) in [5, 5.41) is 0. The molecule has 0 N–H and O–H groups in total. The third-order valence-electron chi connectivity index (χ3n) is 11.9. The quantitative estimate of drug-likeness (QED) is 0.167. The first-order chi connectivity index (χ1) is 28.8. The van der Waals surface area contributed by atoms with Crippen molar-refractivity contribution in [1.82, 2.24) is 0 Å². The first-order valence-electron chi connectivity index (χ1n) is 19.9. The van der Waals surface area contributed by atoms with Crippen LogP contribution in [0.25, 0.3) is 0 Å². The number of rotatable bonds is 6. The molecular formula is C55H40N2S. The molecule has 2 heterocycles. The van der Waals surface area contributed by atoms with Crippen molar-refractivity contribution in [3.63, 3.8) is 0 Å². The Morgan fingerprint density at radius 3 is 1.21 bits per heavy atom. The van der Waals surface area contributed by atoms with Crippen LogP contribution in [0.2, 0.25) is 0 Å². The van der Waals surface area contributed by atoms with Crippen LogP contribution in [0.5, 0.6) is 0 Å². The number of para-hydroxylation sites is 5. The standard InChI is InChI=1S/C55H40N2S/c1-5-22-41(23-6-1)55(47-32-13-15-34-49(47)56(43-25-7-2-8-26-43)50-35-16-14-33-48(50)55)42-24-21-27-44(40-42)57-51-36-17-19-38-53(51)58(45-28-9-3-10-29-45,46-30-11-4-12-31-46)54-39-20-18-37-52(54)57/h1-40H. The minimum absolute atomic E-state index is 0.617. The average molecular weight is 761 g/mol. The second-order valence-corrected chi connectivity index (χ2v) is 17.9. The highest BCUT2D eigenvalue weighted by atomic mass is 32.3. The fourth-order valence-electron chi connectivity index (χ4n) is 9.68. The molecule has 11 rings (SSSR count). The smallest absolute Gasteiger partial charge is 0.0743 e. The van der Waals surface area contributed by atoms with Gasteiger partial charge in [0.05, 0.1) is 28.2 Å². The first-order valence-corrected chi connectivity index (χ1v) is 21.6. The highest BCUT2D eigenvalue weighted by Crippen LogP contribution is 2.79. The van der Waals surface area contributed by atoms with Gasteiger partial charge in [-0.3, -0.25) is 0 Å². The summed E-state index contributed by atoms with van der Waals surface area (Å²) in [4.78, 5) is 10.3. The minimum atomic E-state index is -1.86. The molecule has 0 saturated carbocycles. The summed E-state index contributed by atoms with van der Waals surface area (Å²) in [6.45, 7) is 0. The molecular weight excluding hydrogens is 721 g/mol. The van der Waals surface area contributed by atoms with Gasteiger partial charge in [0.1, 0.15) is 0 Å². The molecule has 2 nitrogen and oxygen atoms in total. The molecule has 0 aliphatic carbocycles. The Morgan fingerprint density at radius 1 is 0.293 bits per heavy atom. The van der Waals surface area contributed by atoms with Gasteiger partial charge in [0, 0.05) is 31.0 Å². The van der Waals surface area contributed by atoms with Crippen LogP contribution in [0.1, 0.15) is 22.3 Å². The lowest BCUT2D eigenvalue weighted by atomic mass is 9.62. The van der Waals surface area contributed by atoms with Crippen molar-refractivity contribution in [2.24, 2.45) is 0 Å². The fourth-order valence-corrected chi connectivity index (χ4v) is 13.8. The zero-order valence-electron chi connectivity index (χ0n) is 31.9. The highest BCUT2D eigenvalue weighted by Gasteiger charge is 2.47. The molecule has 9 aromatic rings. The average Bonchev–Trinajstić information content (AvgIpc) is 3.31. The molecule has 0 fully saturated rings. The maximum absolute atomic E-state index is 2.51. The van der Waals surface area contributed by atoms with Gasteiger partial charge in [-0.1, -0.05) is 158 Å². The van der Waals surface area contributed by atoms with E-state index >= 15 is 0 Å². The second kappa shape index (κ2) is 13.8. The van der Waals surface area contributed by atoms with Gasteiger partial charge in [0.2, 0.25) is 0 Å². The molecule has 58 heavy (non-hydrogen) atoms. The number of hydrogen-bond acceptors (Lipinski definition) is 2. The Balaban J connectivity index is 1.19. The predicted molar refractivity (Wildman–Crippen MR) is 241 cm³/mol. The van der Waals surface area contributed by atoms with E-state index in [4.69, 9.17) is 0 Å². The zero-order chi connectivity index (χ0) is 38.5. The van der Waals surface area contributed by atoms with E-state index in [1.165, 1.54) is 64.6 Å². The highest BCUT2D eigenvalue weighted by molar-refractivity contribution is 8.34. The van der Waals surface area contributed by atoms with Crippen molar-refractivity contribution in [1.29, 1.82) is 0 Å².